The maximum atomic E-state index is 12.6. The fraction of sp³-hybridized carbons (Fsp3) is 0.381. The second kappa shape index (κ2) is 8.77. The molecule has 28 heavy (non-hydrogen) atoms. The lowest BCUT2D eigenvalue weighted by Gasteiger charge is -2.34. The fourth-order valence-corrected chi connectivity index (χ4v) is 4.41. The average Bonchev–Trinajstić information content (AvgIpc) is 3.39. The molecule has 1 N–H and O–H groups in total. The lowest BCUT2D eigenvalue weighted by molar-refractivity contribution is -0.120. The second-order valence-corrected chi connectivity index (χ2v) is 7.76. The first-order valence-corrected chi connectivity index (χ1v) is 10.3. The van der Waals surface area contributed by atoms with Crippen LogP contribution in [0.2, 0.25) is 0 Å². The molecule has 0 radical (unpaired) electrons. The largest absolute Gasteiger partial charge is 0.497 e. The molecule has 1 atom stereocenters. The summed E-state index contributed by atoms with van der Waals surface area (Å²) in [5.41, 5.74) is 1.61. The second-order valence-electron chi connectivity index (χ2n) is 6.78. The zero-order valence-electron chi connectivity index (χ0n) is 15.8. The highest BCUT2D eigenvalue weighted by molar-refractivity contribution is 7.10. The van der Waals surface area contributed by atoms with E-state index in [-0.39, 0.29) is 11.9 Å². The van der Waals surface area contributed by atoms with Crippen LogP contribution in [0.5, 0.6) is 5.75 Å². The van der Waals surface area contributed by atoms with Gasteiger partial charge in [0, 0.05) is 41.5 Å². The van der Waals surface area contributed by atoms with Crippen molar-refractivity contribution in [2.75, 3.05) is 40.0 Å². The first kappa shape index (κ1) is 19.0. The molecule has 1 amide bonds. The monoisotopic (exact) mass is 400 g/mol. The summed E-state index contributed by atoms with van der Waals surface area (Å²) in [7, 11) is 1.62. The molecule has 148 valence electrons. The summed E-state index contributed by atoms with van der Waals surface area (Å²) in [4.78, 5) is 16.3. The van der Waals surface area contributed by atoms with Crippen molar-refractivity contribution in [2.45, 2.75) is 12.5 Å². The third kappa shape index (κ3) is 4.22. The van der Waals surface area contributed by atoms with Crippen LogP contribution >= 0.6 is 11.3 Å². The van der Waals surface area contributed by atoms with Gasteiger partial charge in [-0.05, 0) is 23.6 Å². The van der Waals surface area contributed by atoms with Gasteiger partial charge >= 0.3 is 0 Å². The molecule has 1 saturated heterocycles. The van der Waals surface area contributed by atoms with Gasteiger partial charge in [0.25, 0.3) is 0 Å². The number of nitrogens with zero attached hydrogens (tertiary/aromatic N) is 1. The normalized spacial score (nSPS) is 16.2. The van der Waals surface area contributed by atoms with Crippen molar-refractivity contribution in [2.24, 2.45) is 0 Å². The van der Waals surface area contributed by atoms with Crippen LogP contribution in [0.1, 0.15) is 16.5 Å². The first-order chi connectivity index (χ1) is 13.7. The Kier molecular flexibility index (Phi) is 5.95. The first-order valence-electron chi connectivity index (χ1n) is 9.40. The van der Waals surface area contributed by atoms with Gasteiger partial charge in [0.2, 0.25) is 5.91 Å². The van der Waals surface area contributed by atoms with Crippen LogP contribution < -0.4 is 10.1 Å². The molecule has 0 aliphatic carbocycles. The van der Waals surface area contributed by atoms with E-state index in [0.29, 0.717) is 13.0 Å². The lowest BCUT2D eigenvalue weighted by Crippen LogP contribution is -2.43. The molecule has 6 nitrogen and oxygen atoms in total. The molecule has 3 aromatic rings. The fourth-order valence-electron chi connectivity index (χ4n) is 3.55. The van der Waals surface area contributed by atoms with Gasteiger partial charge in [0.1, 0.15) is 11.3 Å². The molecular formula is C21H24N2O4S. The van der Waals surface area contributed by atoms with E-state index in [4.69, 9.17) is 13.9 Å². The lowest BCUT2D eigenvalue weighted by atomic mass is 10.1. The van der Waals surface area contributed by atoms with Crippen molar-refractivity contribution in [1.82, 2.24) is 10.2 Å². The highest BCUT2D eigenvalue weighted by Crippen LogP contribution is 2.27. The maximum absolute atomic E-state index is 12.6. The number of carbonyl (C=O) groups is 1. The van der Waals surface area contributed by atoms with Gasteiger partial charge in [-0.1, -0.05) is 6.07 Å². The standard InChI is InChI=1S/C21H24N2O4S/c1-25-16-4-5-17-15(14-27-19(17)12-16)11-21(24)22-13-18(20-3-2-10-28-20)23-6-8-26-9-7-23/h2-5,10,12,14,18H,6-9,11,13H2,1H3,(H,22,24)/t18-/m0/s1. The molecule has 1 aromatic carbocycles. The summed E-state index contributed by atoms with van der Waals surface area (Å²) in [5, 5.41) is 6.14. The zero-order chi connectivity index (χ0) is 19.3. The van der Waals surface area contributed by atoms with E-state index in [1.165, 1.54) is 4.88 Å². The van der Waals surface area contributed by atoms with E-state index in [1.54, 1.807) is 24.7 Å². The maximum Gasteiger partial charge on any atom is 0.224 e. The molecule has 0 bridgehead atoms. The van der Waals surface area contributed by atoms with E-state index < -0.39 is 0 Å². The van der Waals surface area contributed by atoms with Crippen molar-refractivity contribution in [1.29, 1.82) is 0 Å². The summed E-state index contributed by atoms with van der Waals surface area (Å²) >= 11 is 1.73. The predicted molar refractivity (Wildman–Crippen MR) is 109 cm³/mol. The number of furan rings is 1. The molecule has 2 aromatic heterocycles. The number of hydrogen-bond acceptors (Lipinski definition) is 6. The smallest absolute Gasteiger partial charge is 0.224 e. The third-order valence-corrected chi connectivity index (χ3v) is 6.04. The van der Waals surface area contributed by atoms with E-state index >= 15 is 0 Å². The molecule has 4 rings (SSSR count). The van der Waals surface area contributed by atoms with Gasteiger partial charge in [-0.3, -0.25) is 9.69 Å². The number of ether oxygens (including phenoxy) is 2. The topological polar surface area (TPSA) is 63.9 Å². The average molecular weight is 401 g/mol. The summed E-state index contributed by atoms with van der Waals surface area (Å²) < 4.78 is 16.3. The van der Waals surface area contributed by atoms with E-state index in [9.17, 15) is 4.79 Å². The van der Waals surface area contributed by atoms with Gasteiger partial charge in [0.05, 0.1) is 39.0 Å². The minimum Gasteiger partial charge on any atom is -0.497 e. The molecule has 0 saturated carbocycles. The summed E-state index contributed by atoms with van der Waals surface area (Å²) in [6.07, 6.45) is 1.95. The number of nitrogens with one attached hydrogen (secondary N) is 1. The van der Waals surface area contributed by atoms with Gasteiger partial charge < -0.3 is 19.2 Å². The van der Waals surface area contributed by atoms with Crippen molar-refractivity contribution in [3.63, 3.8) is 0 Å². The minimum absolute atomic E-state index is 0.00617. The quantitative estimate of drug-likeness (QED) is 0.660. The number of rotatable bonds is 7. The Hall–Kier alpha value is -2.35. The number of carbonyl (C=O) groups excluding carboxylic acids is 1. The molecule has 1 aliphatic rings. The Bertz CT molecular complexity index is 916. The van der Waals surface area contributed by atoms with Crippen molar-refractivity contribution in [3.8, 4) is 5.75 Å². The van der Waals surface area contributed by atoms with E-state index in [0.717, 1.165) is 48.6 Å². The number of thiophene rings is 1. The van der Waals surface area contributed by atoms with Crippen LogP contribution in [0.4, 0.5) is 0 Å². The molecule has 1 fully saturated rings. The van der Waals surface area contributed by atoms with Crippen LogP contribution in [0.3, 0.4) is 0 Å². The SMILES string of the molecule is COc1ccc2c(CC(=O)NC[C@@H](c3cccs3)N3CCOCC3)coc2c1. The number of fused-ring (bicyclic) bond motifs is 1. The third-order valence-electron chi connectivity index (χ3n) is 5.06. The molecule has 7 heteroatoms. The highest BCUT2D eigenvalue weighted by Gasteiger charge is 2.24. The highest BCUT2D eigenvalue weighted by atomic mass is 32.1. The molecular weight excluding hydrogens is 376 g/mol. The van der Waals surface area contributed by atoms with Crippen LogP contribution in [0.25, 0.3) is 11.0 Å². The molecule has 1 aliphatic heterocycles. The Morgan fingerprint density at radius 1 is 1.32 bits per heavy atom. The van der Waals surface area contributed by atoms with Gasteiger partial charge in [0.15, 0.2) is 0 Å². The number of amides is 1. The molecule has 0 spiro atoms. The molecule has 0 unspecified atom stereocenters. The van der Waals surface area contributed by atoms with Crippen LogP contribution in [0.15, 0.2) is 46.4 Å². The summed E-state index contributed by atoms with van der Waals surface area (Å²) in [5.74, 6) is 0.732. The summed E-state index contributed by atoms with van der Waals surface area (Å²) in [6.45, 7) is 3.82. The van der Waals surface area contributed by atoms with E-state index in [1.807, 2.05) is 18.2 Å². The zero-order valence-corrected chi connectivity index (χ0v) is 16.7. The number of hydrogen-bond donors (Lipinski definition) is 1. The predicted octanol–water partition coefficient (Wildman–Crippen LogP) is 3.24. The Labute approximate surface area is 168 Å². The number of methoxy groups -OCH3 is 1. The Morgan fingerprint density at radius 2 is 2.18 bits per heavy atom. The van der Waals surface area contributed by atoms with Gasteiger partial charge in [-0.15, -0.1) is 11.3 Å². The van der Waals surface area contributed by atoms with Gasteiger partial charge in [-0.2, -0.15) is 0 Å². The van der Waals surface area contributed by atoms with Crippen LogP contribution in [-0.2, 0) is 16.0 Å². The van der Waals surface area contributed by atoms with Crippen molar-refractivity contribution >= 4 is 28.2 Å². The van der Waals surface area contributed by atoms with Crippen molar-refractivity contribution < 1.29 is 18.7 Å². The van der Waals surface area contributed by atoms with Crippen molar-refractivity contribution in [3.05, 3.63) is 52.4 Å². The molecule has 3 heterocycles. The number of morpholine rings is 1. The Balaban J connectivity index is 1.41. The van der Waals surface area contributed by atoms with E-state index in [2.05, 4.69) is 27.7 Å². The van der Waals surface area contributed by atoms with Crippen LogP contribution in [0, 0.1) is 0 Å². The number of benzene rings is 1. The summed E-state index contributed by atoms with van der Waals surface area (Å²) in [6, 6.07) is 10.0. The minimum atomic E-state index is -0.00617. The van der Waals surface area contributed by atoms with Crippen LogP contribution in [-0.4, -0.2) is 50.8 Å². The Morgan fingerprint density at radius 3 is 2.93 bits per heavy atom. The van der Waals surface area contributed by atoms with Gasteiger partial charge in [-0.25, -0.2) is 0 Å².